The fourth-order valence-electron chi connectivity index (χ4n) is 2.57. The minimum atomic E-state index is -0.441. The Morgan fingerprint density at radius 2 is 1.79 bits per heavy atom. The number of rotatable bonds is 6. The van der Waals surface area contributed by atoms with Crippen LogP contribution in [0.2, 0.25) is 5.02 Å². The molecule has 2 aromatic carbocycles. The van der Waals surface area contributed by atoms with Crippen LogP contribution in [-0.4, -0.2) is 23.4 Å². The molecule has 0 bridgehead atoms. The first-order chi connectivity index (χ1) is 13.4. The first-order valence-corrected chi connectivity index (χ1v) is 10.7. The Labute approximate surface area is 195 Å². The molecule has 0 atom stereocenters. The predicted molar refractivity (Wildman–Crippen MR) is 126 cm³/mol. The van der Waals surface area contributed by atoms with Gasteiger partial charge < -0.3 is 10.1 Å². The number of carbonyl (C=O) groups is 2. The predicted octanol–water partition coefficient (Wildman–Crippen LogP) is 5.21. The van der Waals surface area contributed by atoms with Crippen molar-refractivity contribution in [3.05, 3.63) is 78.0 Å². The molecule has 0 saturated carbocycles. The number of nitrogens with zero attached hydrogens (tertiary/aromatic N) is 1. The maximum atomic E-state index is 12.3. The SMILES string of the molecule is C=CCN1C(=O)N/C(=C/c2cc(I)c(OCc3ccc(Cl)cc3)c(I)c2)C1=O. The van der Waals surface area contributed by atoms with Gasteiger partial charge in [0.25, 0.3) is 5.91 Å². The summed E-state index contributed by atoms with van der Waals surface area (Å²) in [5.41, 5.74) is 2.06. The summed E-state index contributed by atoms with van der Waals surface area (Å²) in [5.74, 6) is 0.409. The topological polar surface area (TPSA) is 58.6 Å². The highest BCUT2D eigenvalue weighted by Crippen LogP contribution is 2.31. The summed E-state index contributed by atoms with van der Waals surface area (Å²) in [6, 6.07) is 10.9. The number of hydrogen-bond acceptors (Lipinski definition) is 3. The van der Waals surface area contributed by atoms with Gasteiger partial charge in [0.05, 0.1) is 7.14 Å². The van der Waals surface area contributed by atoms with Gasteiger partial charge >= 0.3 is 6.03 Å². The molecule has 28 heavy (non-hydrogen) atoms. The van der Waals surface area contributed by atoms with E-state index in [0.29, 0.717) is 11.6 Å². The van der Waals surface area contributed by atoms with Gasteiger partial charge in [0, 0.05) is 11.6 Å². The van der Waals surface area contributed by atoms with E-state index in [9.17, 15) is 9.59 Å². The standard InChI is InChI=1S/C20H15ClI2N2O3/c1-2-7-25-19(26)17(24-20(25)27)10-13-8-15(22)18(16(23)9-13)28-11-12-3-5-14(21)6-4-12/h2-6,8-10H,1,7,11H2,(H,24,27)/b17-10+. The van der Waals surface area contributed by atoms with Crippen LogP contribution < -0.4 is 10.1 Å². The number of hydrogen-bond donors (Lipinski definition) is 1. The second kappa shape index (κ2) is 9.27. The van der Waals surface area contributed by atoms with E-state index in [1.165, 1.54) is 6.08 Å². The van der Waals surface area contributed by atoms with Crippen molar-refractivity contribution in [1.82, 2.24) is 10.2 Å². The third-order valence-corrected chi connectivity index (χ3v) is 5.76. The van der Waals surface area contributed by atoms with Crippen LogP contribution in [0.15, 0.2) is 54.8 Å². The fraction of sp³-hybridized carbons (Fsp3) is 0.100. The first kappa shape index (κ1) is 21.1. The Hall–Kier alpha value is -1.59. The number of carbonyl (C=O) groups excluding carboxylic acids is 2. The number of nitrogens with one attached hydrogen (secondary N) is 1. The summed E-state index contributed by atoms with van der Waals surface area (Å²) in [4.78, 5) is 25.3. The molecule has 0 spiro atoms. The molecule has 1 heterocycles. The molecule has 1 N–H and O–H groups in total. The zero-order valence-electron chi connectivity index (χ0n) is 14.5. The quantitative estimate of drug-likeness (QED) is 0.209. The molecule has 5 nitrogen and oxygen atoms in total. The third-order valence-electron chi connectivity index (χ3n) is 3.90. The van der Waals surface area contributed by atoms with Gasteiger partial charge in [-0.1, -0.05) is 29.8 Å². The number of amides is 3. The molecule has 0 aliphatic carbocycles. The molecule has 3 amide bonds. The maximum Gasteiger partial charge on any atom is 0.329 e. The average Bonchev–Trinajstić information content (AvgIpc) is 2.90. The molecule has 0 radical (unpaired) electrons. The van der Waals surface area contributed by atoms with Crippen molar-refractivity contribution in [2.75, 3.05) is 6.54 Å². The Kier molecular flexibility index (Phi) is 7.00. The van der Waals surface area contributed by atoms with Crippen LogP contribution in [0.3, 0.4) is 0 Å². The second-order valence-electron chi connectivity index (χ2n) is 5.92. The van der Waals surface area contributed by atoms with Crippen molar-refractivity contribution < 1.29 is 14.3 Å². The molecule has 3 rings (SSSR count). The summed E-state index contributed by atoms with van der Waals surface area (Å²) in [6.45, 7) is 4.16. The van der Waals surface area contributed by atoms with E-state index in [1.807, 2.05) is 36.4 Å². The third kappa shape index (κ3) is 4.87. The van der Waals surface area contributed by atoms with Gasteiger partial charge in [0.2, 0.25) is 0 Å². The van der Waals surface area contributed by atoms with Crippen LogP contribution in [0.4, 0.5) is 4.79 Å². The molecule has 0 aromatic heterocycles. The van der Waals surface area contributed by atoms with Crippen molar-refractivity contribution in [3.8, 4) is 5.75 Å². The highest BCUT2D eigenvalue weighted by atomic mass is 127. The molecular weight excluding hydrogens is 605 g/mol. The summed E-state index contributed by atoms with van der Waals surface area (Å²) < 4.78 is 7.79. The highest BCUT2D eigenvalue weighted by Gasteiger charge is 2.32. The van der Waals surface area contributed by atoms with E-state index in [-0.39, 0.29) is 18.1 Å². The van der Waals surface area contributed by atoms with Gasteiger partial charge in [-0.25, -0.2) is 4.79 Å². The number of urea groups is 1. The molecule has 144 valence electrons. The number of imide groups is 1. The monoisotopic (exact) mass is 620 g/mol. The summed E-state index contributed by atoms with van der Waals surface area (Å²) in [5, 5.41) is 3.28. The summed E-state index contributed by atoms with van der Waals surface area (Å²) in [7, 11) is 0. The molecule has 1 saturated heterocycles. The van der Waals surface area contributed by atoms with Crippen LogP contribution >= 0.6 is 56.8 Å². The first-order valence-electron chi connectivity index (χ1n) is 8.20. The van der Waals surface area contributed by atoms with Crippen LogP contribution in [0.1, 0.15) is 11.1 Å². The Balaban J connectivity index is 1.78. The minimum absolute atomic E-state index is 0.175. The molecular formula is C20H15ClI2N2O3. The zero-order valence-corrected chi connectivity index (χ0v) is 19.6. The second-order valence-corrected chi connectivity index (χ2v) is 8.68. The van der Waals surface area contributed by atoms with Crippen molar-refractivity contribution >= 4 is 74.8 Å². The fourth-order valence-corrected chi connectivity index (χ4v) is 4.82. The van der Waals surface area contributed by atoms with Crippen LogP contribution in [0.5, 0.6) is 5.75 Å². The van der Waals surface area contributed by atoms with E-state index >= 15 is 0 Å². The number of halogens is 3. The molecule has 1 fully saturated rings. The lowest BCUT2D eigenvalue weighted by molar-refractivity contribution is -0.122. The zero-order chi connectivity index (χ0) is 20.3. The van der Waals surface area contributed by atoms with Crippen LogP contribution in [0, 0.1) is 7.14 Å². The molecule has 1 aliphatic heterocycles. The molecule has 1 aliphatic rings. The smallest absolute Gasteiger partial charge is 0.329 e. The van der Waals surface area contributed by atoms with Gasteiger partial charge in [0.1, 0.15) is 18.1 Å². The maximum absolute atomic E-state index is 12.3. The van der Waals surface area contributed by atoms with Gasteiger partial charge in [-0.3, -0.25) is 9.69 Å². The largest absolute Gasteiger partial charge is 0.487 e. The van der Waals surface area contributed by atoms with Gasteiger partial charge in [-0.05, 0) is 86.7 Å². The van der Waals surface area contributed by atoms with Crippen LogP contribution in [0.25, 0.3) is 6.08 Å². The van der Waals surface area contributed by atoms with Gasteiger partial charge in [0.15, 0.2) is 0 Å². The van der Waals surface area contributed by atoms with E-state index < -0.39 is 6.03 Å². The Morgan fingerprint density at radius 1 is 1.14 bits per heavy atom. The Morgan fingerprint density at radius 3 is 2.39 bits per heavy atom. The molecule has 2 aromatic rings. The number of ether oxygens (including phenoxy) is 1. The molecule has 8 heteroatoms. The van der Waals surface area contributed by atoms with E-state index in [4.69, 9.17) is 16.3 Å². The molecule has 0 unspecified atom stereocenters. The van der Waals surface area contributed by atoms with Gasteiger partial charge in [-0.2, -0.15) is 0 Å². The lowest BCUT2D eigenvalue weighted by atomic mass is 10.2. The average molecular weight is 621 g/mol. The normalized spacial score (nSPS) is 15.1. The van der Waals surface area contributed by atoms with Crippen LogP contribution in [-0.2, 0) is 11.4 Å². The van der Waals surface area contributed by atoms with Crippen molar-refractivity contribution in [1.29, 1.82) is 0 Å². The summed E-state index contributed by atoms with van der Waals surface area (Å²) >= 11 is 10.3. The van der Waals surface area contributed by atoms with E-state index in [2.05, 4.69) is 57.1 Å². The van der Waals surface area contributed by atoms with Crippen molar-refractivity contribution in [2.24, 2.45) is 0 Å². The Bertz CT molecular complexity index is 951. The number of benzene rings is 2. The van der Waals surface area contributed by atoms with Gasteiger partial charge in [-0.15, -0.1) is 6.58 Å². The minimum Gasteiger partial charge on any atom is -0.487 e. The lowest BCUT2D eigenvalue weighted by Crippen LogP contribution is -2.30. The lowest BCUT2D eigenvalue weighted by Gasteiger charge is -2.12. The summed E-state index contributed by atoms with van der Waals surface area (Å²) in [6.07, 6.45) is 3.18. The van der Waals surface area contributed by atoms with E-state index in [0.717, 1.165) is 28.9 Å². The van der Waals surface area contributed by atoms with Crippen molar-refractivity contribution in [3.63, 3.8) is 0 Å². The highest BCUT2D eigenvalue weighted by molar-refractivity contribution is 14.1. The van der Waals surface area contributed by atoms with E-state index in [1.54, 1.807) is 6.08 Å². The van der Waals surface area contributed by atoms with Crippen molar-refractivity contribution in [2.45, 2.75) is 6.61 Å².